The number of aromatic nitrogens is 4. The molecule has 0 atom stereocenters. The number of pyridine rings is 4. The van der Waals surface area contributed by atoms with Crippen LogP contribution in [0.25, 0.3) is 60.6 Å². The second-order valence-electron chi connectivity index (χ2n) is 11.9. The molecule has 0 aliphatic rings. The molecule has 0 spiro atoms. The molecule has 0 amide bonds. The van der Waals surface area contributed by atoms with E-state index in [9.17, 15) is 9.59 Å². The van der Waals surface area contributed by atoms with Crippen LogP contribution in [-0.2, 0) is 0 Å². The Hall–Kier alpha value is -5.70. The van der Waals surface area contributed by atoms with Crippen molar-refractivity contribution >= 4 is 72.7 Å². The molecular formula is C48H48N4O2S2. The van der Waals surface area contributed by atoms with E-state index in [1.54, 1.807) is 20.9 Å². The van der Waals surface area contributed by atoms with E-state index in [0.717, 1.165) is 65.3 Å². The molecule has 6 nitrogen and oxygen atoms in total. The van der Waals surface area contributed by atoms with Gasteiger partial charge in [0.25, 0.3) is 11.1 Å². The first kappa shape index (κ1) is 41.5. The molecular weight excluding hydrogens is 729 g/mol. The van der Waals surface area contributed by atoms with Crippen LogP contribution < -0.4 is 11.1 Å². The molecule has 0 radical (unpaired) electrons. The topological polar surface area (TPSA) is 69.8 Å². The third-order valence-corrected chi connectivity index (χ3v) is 10.2. The average Bonchev–Trinajstić information content (AvgIpc) is 3.27. The van der Waals surface area contributed by atoms with E-state index in [2.05, 4.69) is 40.3 Å². The van der Waals surface area contributed by atoms with Crippen molar-refractivity contribution in [2.45, 2.75) is 51.6 Å². The van der Waals surface area contributed by atoms with Crippen molar-refractivity contribution in [1.82, 2.24) is 19.1 Å². The highest BCUT2D eigenvalue weighted by Crippen LogP contribution is 2.28. The maximum atomic E-state index is 13.6. The van der Waals surface area contributed by atoms with Gasteiger partial charge in [-0.2, -0.15) is 0 Å². The molecule has 0 saturated carbocycles. The van der Waals surface area contributed by atoms with Crippen molar-refractivity contribution in [3.8, 4) is 11.4 Å². The number of benzene rings is 4. The predicted molar refractivity (Wildman–Crippen MR) is 244 cm³/mol. The molecule has 284 valence electrons. The van der Waals surface area contributed by atoms with Crippen LogP contribution >= 0.6 is 23.5 Å². The molecule has 0 unspecified atom stereocenters. The van der Waals surface area contributed by atoms with Crippen molar-refractivity contribution in [3.63, 3.8) is 0 Å². The van der Waals surface area contributed by atoms with Gasteiger partial charge in [-0.25, -0.2) is 9.97 Å². The van der Waals surface area contributed by atoms with Gasteiger partial charge in [-0.15, -0.1) is 23.5 Å². The van der Waals surface area contributed by atoms with E-state index in [0.29, 0.717) is 10.9 Å². The summed E-state index contributed by atoms with van der Waals surface area (Å²) in [6.07, 6.45) is 10.1. The second kappa shape index (κ2) is 19.8. The summed E-state index contributed by atoms with van der Waals surface area (Å²) in [5.74, 6) is 0. The number of hydrogen-bond donors (Lipinski definition) is 0. The number of para-hydroxylation sites is 3. The Morgan fingerprint density at radius 1 is 0.536 bits per heavy atom. The zero-order chi connectivity index (χ0) is 40.2. The summed E-state index contributed by atoms with van der Waals surface area (Å²) in [7, 11) is 0. The van der Waals surface area contributed by atoms with Crippen LogP contribution in [-0.4, -0.2) is 31.6 Å². The molecule has 0 fully saturated rings. The highest BCUT2D eigenvalue weighted by Gasteiger charge is 2.15. The third-order valence-electron chi connectivity index (χ3n) is 8.94. The molecule has 0 aliphatic carbocycles. The number of rotatable bonds is 6. The van der Waals surface area contributed by atoms with Crippen LogP contribution in [0.4, 0.5) is 0 Å². The fourth-order valence-electron chi connectivity index (χ4n) is 6.53. The summed E-state index contributed by atoms with van der Waals surface area (Å²) < 4.78 is 3.54. The van der Waals surface area contributed by atoms with Crippen molar-refractivity contribution in [1.29, 1.82) is 0 Å². The van der Waals surface area contributed by atoms with Crippen LogP contribution in [0.5, 0.6) is 0 Å². The fraction of sp³-hybridized carbons (Fsp3) is 0.167. The number of fused-ring (bicyclic) bond motifs is 6. The van der Waals surface area contributed by atoms with E-state index in [4.69, 9.17) is 0 Å². The Labute approximate surface area is 337 Å². The lowest BCUT2D eigenvalue weighted by molar-refractivity contribution is 1.04. The quantitative estimate of drug-likeness (QED) is 0.0951. The molecule has 4 aromatic heterocycles. The summed E-state index contributed by atoms with van der Waals surface area (Å²) in [6.45, 7) is 12.0. The maximum absolute atomic E-state index is 13.6. The fourth-order valence-corrected chi connectivity index (χ4v) is 7.30. The Balaban J connectivity index is 0.000000201. The minimum atomic E-state index is -0.0974. The SMILES string of the molecule is C/C=C\C(=C/C)c1cccc(-n2c(=O)c3nc(SC)ccc3c3ccccc32)c1.CC.CC.CSc1ccc2c(=O)n(-c3ccccc3)c3ccccc3c2n1. The normalized spacial score (nSPS) is 11.2. The number of allylic oxidation sites excluding steroid dienone is 4. The molecule has 8 aromatic rings. The van der Waals surface area contributed by atoms with Gasteiger partial charge in [0.2, 0.25) is 0 Å². The Kier molecular flexibility index (Phi) is 14.6. The van der Waals surface area contributed by atoms with Gasteiger partial charge < -0.3 is 0 Å². The van der Waals surface area contributed by atoms with E-state index in [1.165, 1.54) is 11.8 Å². The summed E-state index contributed by atoms with van der Waals surface area (Å²) in [6, 6.07) is 41.5. The van der Waals surface area contributed by atoms with Gasteiger partial charge in [0.05, 0.1) is 32.0 Å². The summed E-state index contributed by atoms with van der Waals surface area (Å²) in [5.41, 5.74) is 6.79. The monoisotopic (exact) mass is 776 g/mol. The first-order valence-corrected chi connectivity index (χ1v) is 21.3. The minimum absolute atomic E-state index is 0.0370. The highest BCUT2D eigenvalue weighted by atomic mass is 32.2. The van der Waals surface area contributed by atoms with Crippen molar-refractivity contribution < 1.29 is 0 Å². The van der Waals surface area contributed by atoms with Gasteiger partial charge in [0, 0.05) is 27.5 Å². The zero-order valence-corrected chi connectivity index (χ0v) is 34.9. The van der Waals surface area contributed by atoms with E-state index < -0.39 is 0 Å². The molecule has 56 heavy (non-hydrogen) atoms. The Morgan fingerprint density at radius 3 is 1.70 bits per heavy atom. The molecule has 4 aromatic carbocycles. The van der Waals surface area contributed by atoms with Gasteiger partial charge in [0.1, 0.15) is 5.52 Å². The van der Waals surface area contributed by atoms with Crippen LogP contribution in [0.3, 0.4) is 0 Å². The van der Waals surface area contributed by atoms with Gasteiger partial charge >= 0.3 is 0 Å². The Bertz CT molecular complexity index is 2790. The molecule has 0 N–H and O–H groups in total. The number of nitrogens with zero attached hydrogens (tertiary/aromatic N) is 4. The van der Waals surface area contributed by atoms with E-state index in [-0.39, 0.29) is 11.1 Å². The average molecular weight is 777 g/mol. The standard InChI is InChI=1S/C25H22N2OS.C19H14N2OS.2C2H6/c1-4-9-17(5-2)18-10-8-11-19(16-18)27-22-13-7-6-12-20(22)21-14-15-23(29-3)26-24(21)25(27)28;1-23-17-12-11-15-18(20-17)14-9-5-6-10-16(14)21(19(15)22)13-7-3-2-4-8-13;2*1-2/h4-16H,1-3H3;2-12H,1H3;2*1-2H3/b9-4-,17-5+;;;. The minimum Gasteiger partial charge on any atom is -0.276 e. The van der Waals surface area contributed by atoms with Crippen LogP contribution in [0.15, 0.2) is 165 Å². The van der Waals surface area contributed by atoms with Crippen LogP contribution in [0, 0.1) is 0 Å². The van der Waals surface area contributed by atoms with E-state index in [1.807, 2.05) is 169 Å². The van der Waals surface area contributed by atoms with Crippen LogP contribution in [0.2, 0.25) is 0 Å². The van der Waals surface area contributed by atoms with Gasteiger partial charge in [-0.05, 0) is 98.2 Å². The molecule has 8 rings (SSSR count). The summed E-state index contributed by atoms with van der Waals surface area (Å²) >= 11 is 3.12. The molecule has 4 heterocycles. The second-order valence-corrected chi connectivity index (χ2v) is 13.6. The maximum Gasteiger partial charge on any atom is 0.282 e. The first-order valence-electron chi connectivity index (χ1n) is 18.9. The van der Waals surface area contributed by atoms with Crippen LogP contribution in [0.1, 0.15) is 47.1 Å². The largest absolute Gasteiger partial charge is 0.282 e. The van der Waals surface area contributed by atoms with Gasteiger partial charge in [-0.1, -0.05) is 113 Å². The number of hydrogen-bond acceptors (Lipinski definition) is 6. The molecule has 0 bridgehead atoms. The Morgan fingerprint density at radius 2 is 1.07 bits per heavy atom. The van der Waals surface area contributed by atoms with Gasteiger partial charge in [0.15, 0.2) is 0 Å². The highest BCUT2D eigenvalue weighted by molar-refractivity contribution is 7.98. The predicted octanol–water partition coefficient (Wildman–Crippen LogP) is 12.6. The summed E-state index contributed by atoms with van der Waals surface area (Å²) in [4.78, 5) is 35.9. The molecule has 0 saturated heterocycles. The lowest BCUT2D eigenvalue weighted by atomic mass is 10.0. The lowest BCUT2D eigenvalue weighted by Gasteiger charge is -2.14. The van der Waals surface area contributed by atoms with E-state index >= 15 is 0 Å². The molecule has 8 heteroatoms. The third kappa shape index (κ3) is 8.42. The number of thioether (sulfide) groups is 2. The van der Waals surface area contributed by atoms with Crippen molar-refractivity contribution in [3.05, 3.63) is 172 Å². The molecule has 0 aliphatic heterocycles. The van der Waals surface area contributed by atoms with Crippen molar-refractivity contribution in [2.24, 2.45) is 0 Å². The van der Waals surface area contributed by atoms with Crippen molar-refractivity contribution in [2.75, 3.05) is 12.5 Å². The zero-order valence-electron chi connectivity index (χ0n) is 33.3. The summed E-state index contributed by atoms with van der Waals surface area (Å²) in [5, 5.41) is 5.30. The van der Waals surface area contributed by atoms with Gasteiger partial charge in [-0.3, -0.25) is 18.7 Å². The first-order chi connectivity index (χ1) is 27.5. The smallest absolute Gasteiger partial charge is 0.276 e. The lowest BCUT2D eigenvalue weighted by Crippen LogP contribution is -2.20.